The van der Waals surface area contributed by atoms with Crippen molar-refractivity contribution in [1.82, 2.24) is 4.90 Å². The van der Waals surface area contributed by atoms with Gasteiger partial charge in [0.05, 0.1) is 11.7 Å². The summed E-state index contributed by atoms with van der Waals surface area (Å²) in [6, 6.07) is 12.7. The molecule has 190 valence electrons. The summed E-state index contributed by atoms with van der Waals surface area (Å²) in [7, 11) is 0. The Hall–Kier alpha value is -2.74. The number of likely N-dealkylation sites (tertiary alicyclic amines) is 1. The molecular weight excluding hydrogens is 455 g/mol. The summed E-state index contributed by atoms with van der Waals surface area (Å²) < 4.78 is 45.2. The number of rotatable bonds is 6. The van der Waals surface area contributed by atoms with Crippen molar-refractivity contribution in [2.75, 3.05) is 30.7 Å². The Bertz CT molecular complexity index is 994. The van der Waals surface area contributed by atoms with E-state index in [2.05, 4.69) is 36.5 Å². The van der Waals surface area contributed by atoms with Gasteiger partial charge < -0.3 is 20.7 Å². The summed E-state index contributed by atoms with van der Waals surface area (Å²) in [5.41, 5.74) is 7.40. The second-order valence-electron chi connectivity index (χ2n) is 9.79. The third-order valence-corrected chi connectivity index (χ3v) is 7.24. The first kappa shape index (κ1) is 25.4. The van der Waals surface area contributed by atoms with Gasteiger partial charge in [0, 0.05) is 30.5 Å². The van der Waals surface area contributed by atoms with E-state index in [9.17, 15) is 18.0 Å². The highest BCUT2D eigenvalue weighted by Gasteiger charge is 2.33. The fourth-order valence-electron chi connectivity index (χ4n) is 5.08. The molecule has 0 spiro atoms. The molecule has 0 aromatic heterocycles. The maximum absolute atomic E-state index is 13.1. The zero-order valence-electron chi connectivity index (χ0n) is 20.1. The number of nitrogens with two attached hydrogens (primary N) is 1. The maximum atomic E-state index is 13.1. The quantitative estimate of drug-likeness (QED) is 0.508. The molecule has 3 N–H and O–H groups in total. The van der Waals surface area contributed by atoms with Crippen LogP contribution in [0, 0.1) is 6.92 Å². The Morgan fingerprint density at radius 3 is 2.31 bits per heavy atom. The molecule has 2 aromatic carbocycles. The Morgan fingerprint density at radius 1 is 1.03 bits per heavy atom. The molecule has 1 saturated heterocycles. The largest absolute Gasteiger partial charge is 0.418 e. The molecule has 2 aromatic rings. The predicted octanol–water partition coefficient (Wildman–Crippen LogP) is 5.74. The van der Waals surface area contributed by atoms with E-state index in [4.69, 9.17) is 10.5 Å². The number of carbonyl (C=O) groups is 1. The summed E-state index contributed by atoms with van der Waals surface area (Å²) in [6.07, 6.45) is 0.525. The average molecular weight is 490 g/mol. The highest BCUT2D eigenvalue weighted by atomic mass is 19.4. The molecule has 1 heterocycles. The molecule has 8 heteroatoms. The van der Waals surface area contributed by atoms with E-state index < -0.39 is 11.7 Å². The number of anilines is 2. The minimum atomic E-state index is -4.48. The van der Waals surface area contributed by atoms with Crippen LogP contribution < -0.4 is 11.1 Å². The number of amides is 1. The first-order valence-electron chi connectivity index (χ1n) is 12.4. The number of nitrogen functional groups attached to an aromatic ring is 1. The summed E-state index contributed by atoms with van der Waals surface area (Å²) in [5, 5.41) is 3.19. The third kappa shape index (κ3) is 6.69. The number of hydrogen-bond acceptors (Lipinski definition) is 4. The van der Waals surface area contributed by atoms with Crippen LogP contribution in [0.5, 0.6) is 0 Å². The van der Waals surface area contributed by atoms with E-state index in [0.717, 1.165) is 57.7 Å². The summed E-state index contributed by atoms with van der Waals surface area (Å²) in [4.78, 5) is 14.6. The smallest absolute Gasteiger partial charge is 0.398 e. The van der Waals surface area contributed by atoms with E-state index >= 15 is 0 Å². The van der Waals surface area contributed by atoms with Crippen molar-refractivity contribution in [3.05, 3.63) is 59.2 Å². The van der Waals surface area contributed by atoms with Gasteiger partial charge >= 0.3 is 6.18 Å². The van der Waals surface area contributed by atoms with Crippen molar-refractivity contribution in [2.24, 2.45) is 0 Å². The van der Waals surface area contributed by atoms with Crippen LogP contribution in [0.15, 0.2) is 42.5 Å². The normalized spacial score (nSPS) is 21.7. The summed E-state index contributed by atoms with van der Waals surface area (Å²) >= 11 is 0. The van der Waals surface area contributed by atoms with Crippen LogP contribution in [-0.4, -0.2) is 42.6 Å². The van der Waals surface area contributed by atoms with Crippen LogP contribution in [0.25, 0.3) is 0 Å². The second kappa shape index (κ2) is 10.9. The van der Waals surface area contributed by atoms with Crippen molar-refractivity contribution in [3.63, 3.8) is 0 Å². The molecule has 0 unspecified atom stereocenters. The molecule has 1 amide bonds. The molecule has 2 fully saturated rings. The van der Waals surface area contributed by atoms with Crippen LogP contribution in [-0.2, 0) is 15.7 Å². The zero-order valence-corrected chi connectivity index (χ0v) is 20.1. The molecular formula is C27H34F3N3O2. The highest BCUT2D eigenvalue weighted by molar-refractivity contribution is 5.77. The van der Waals surface area contributed by atoms with Crippen LogP contribution in [0.4, 0.5) is 24.5 Å². The Morgan fingerprint density at radius 2 is 1.69 bits per heavy atom. The Balaban J connectivity index is 1.17. The van der Waals surface area contributed by atoms with E-state index in [-0.39, 0.29) is 30.3 Å². The number of ether oxygens (including phenoxy) is 1. The van der Waals surface area contributed by atoms with Crippen molar-refractivity contribution in [2.45, 2.75) is 69.7 Å². The first-order chi connectivity index (χ1) is 16.7. The Labute approximate surface area is 204 Å². The molecule has 5 nitrogen and oxygen atoms in total. The fraction of sp³-hybridized carbons (Fsp3) is 0.519. The van der Waals surface area contributed by atoms with Gasteiger partial charge in [-0.15, -0.1) is 0 Å². The van der Waals surface area contributed by atoms with E-state index in [1.165, 1.54) is 17.2 Å². The van der Waals surface area contributed by atoms with Gasteiger partial charge in [0.1, 0.15) is 6.61 Å². The van der Waals surface area contributed by atoms with E-state index in [0.29, 0.717) is 11.6 Å². The molecule has 0 bridgehead atoms. The van der Waals surface area contributed by atoms with Crippen LogP contribution in [0.2, 0.25) is 0 Å². The SMILES string of the molecule is Cc1ccc(C2CCN(C(=O)COC3CCC(Nc4ccc(N)c(C(F)(F)F)c4)CC3)CC2)cc1. The number of carbonyl (C=O) groups excluding carboxylic acids is 1. The van der Waals surface area contributed by atoms with Gasteiger partial charge in [0.25, 0.3) is 0 Å². The lowest BCUT2D eigenvalue weighted by molar-refractivity contribution is -0.140. The van der Waals surface area contributed by atoms with Crippen molar-refractivity contribution in [1.29, 1.82) is 0 Å². The predicted molar refractivity (Wildman–Crippen MR) is 131 cm³/mol. The van der Waals surface area contributed by atoms with Gasteiger partial charge in [0.2, 0.25) is 5.91 Å². The first-order valence-corrected chi connectivity index (χ1v) is 12.4. The number of alkyl halides is 3. The van der Waals surface area contributed by atoms with Gasteiger partial charge in [0.15, 0.2) is 0 Å². The minimum Gasteiger partial charge on any atom is -0.398 e. The van der Waals surface area contributed by atoms with Crippen molar-refractivity contribution >= 4 is 17.3 Å². The maximum Gasteiger partial charge on any atom is 0.418 e. The third-order valence-electron chi connectivity index (χ3n) is 7.24. The average Bonchev–Trinajstić information content (AvgIpc) is 2.84. The molecule has 4 rings (SSSR count). The van der Waals surface area contributed by atoms with E-state index in [1.54, 1.807) is 6.07 Å². The van der Waals surface area contributed by atoms with Gasteiger partial charge in [-0.3, -0.25) is 4.79 Å². The number of piperidine rings is 1. The van der Waals surface area contributed by atoms with Crippen LogP contribution >= 0.6 is 0 Å². The molecule has 1 aliphatic carbocycles. The molecule has 0 radical (unpaired) electrons. The number of nitrogens with one attached hydrogen (secondary N) is 1. The van der Waals surface area contributed by atoms with E-state index in [1.807, 2.05) is 4.90 Å². The number of nitrogens with zero attached hydrogens (tertiary/aromatic N) is 1. The monoisotopic (exact) mass is 489 g/mol. The van der Waals surface area contributed by atoms with Crippen molar-refractivity contribution < 1.29 is 22.7 Å². The van der Waals surface area contributed by atoms with Crippen molar-refractivity contribution in [3.8, 4) is 0 Å². The topological polar surface area (TPSA) is 67.6 Å². The van der Waals surface area contributed by atoms with Crippen LogP contribution in [0.3, 0.4) is 0 Å². The minimum absolute atomic E-state index is 0.000693. The lowest BCUT2D eigenvalue weighted by Gasteiger charge is -2.33. The fourth-order valence-corrected chi connectivity index (χ4v) is 5.08. The molecule has 1 aliphatic heterocycles. The lowest BCUT2D eigenvalue weighted by atomic mass is 9.89. The number of aryl methyl sites for hydroxylation is 1. The summed E-state index contributed by atoms with van der Waals surface area (Å²) in [6.45, 7) is 3.67. The van der Waals surface area contributed by atoms with Gasteiger partial charge in [-0.25, -0.2) is 0 Å². The highest BCUT2D eigenvalue weighted by Crippen LogP contribution is 2.36. The van der Waals surface area contributed by atoms with Crippen LogP contribution in [0.1, 0.15) is 61.1 Å². The Kier molecular flexibility index (Phi) is 7.89. The molecule has 35 heavy (non-hydrogen) atoms. The molecule has 2 aliphatic rings. The number of hydrogen-bond donors (Lipinski definition) is 2. The second-order valence-corrected chi connectivity index (χ2v) is 9.79. The van der Waals surface area contributed by atoms with Gasteiger partial charge in [-0.1, -0.05) is 29.8 Å². The van der Waals surface area contributed by atoms with Gasteiger partial charge in [-0.05, 0) is 75.1 Å². The standard InChI is InChI=1S/C27H34F3N3O2/c1-18-2-4-19(5-3-18)20-12-14-33(15-13-20)26(34)17-35-23-9-6-21(7-10-23)32-22-8-11-25(31)24(16-22)27(28,29)30/h2-5,8,11,16,20-21,23,32H,6-7,9-10,12-15,17,31H2,1H3. The lowest BCUT2D eigenvalue weighted by Crippen LogP contribution is -2.41. The van der Waals surface area contributed by atoms with Gasteiger partial charge in [-0.2, -0.15) is 13.2 Å². The number of halogens is 3. The molecule has 0 atom stereocenters. The number of benzene rings is 2. The zero-order chi connectivity index (χ0) is 25.0. The summed E-state index contributed by atoms with van der Waals surface area (Å²) in [5.74, 6) is 0.533. The molecule has 1 saturated carbocycles.